The Morgan fingerprint density at radius 3 is 2.38 bits per heavy atom. The van der Waals surface area contributed by atoms with Gasteiger partial charge in [-0.1, -0.05) is 24.3 Å². The first-order valence-electron chi connectivity index (χ1n) is 8.59. The average molecular weight is 347 g/mol. The first-order chi connectivity index (χ1) is 12.7. The van der Waals surface area contributed by atoms with Crippen LogP contribution in [0.15, 0.2) is 67.0 Å². The van der Waals surface area contributed by atoms with Crippen molar-refractivity contribution in [3.05, 3.63) is 78.1 Å². The van der Waals surface area contributed by atoms with E-state index in [2.05, 4.69) is 15.3 Å². The normalized spacial score (nSPS) is 10.3. The zero-order valence-electron chi connectivity index (χ0n) is 14.7. The molecule has 2 aromatic heterocycles. The van der Waals surface area contributed by atoms with Crippen molar-refractivity contribution < 1.29 is 9.53 Å². The lowest BCUT2D eigenvalue weighted by atomic mass is 10.1. The van der Waals surface area contributed by atoms with E-state index in [0.29, 0.717) is 19.6 Å². The van der Waals surface area contributed by atoms with Gasteiger partial charge in [-0.3, -0.25) is 14.8 Å². The second-order valence-corrected chi connectivity index (χ2v) is 5.80. The zero-order chi connectivity index (χ0) is 18.2. The van der Waals surface area contributed by atoms with Crippen molar-refractivity contribution in [1.29, 1.82) is 0 Å². The molecule has 0 aliphatic carbocycles. The number of aromatic nitrogens is 2. The Bertz CT molecular complexity index is 831. The minimum absolute atomic E-state index is 0.0250. The molecule has 0 unspecified atom stereocenters. The van der Waals surface area contributed by atoms with Crippen LogP contribution >= 0.6 is 0 Å². The molecule has 0 aliphatic rings. The van der Waals surface area contributed by atoms with E-state index in [0.717, 1.165) is 28.3 Å². The summed E-state index contributed by atoms with van der Waals surface area (Å²) < 4.78 is 5.40. The second-order valence-electron chi connectivity index (χ2n) is 5.80. The van der Waals surface area contributed by atoms with Crippen molar-refractivity contribution in [3.63, 3.8) is 0 Å². The third kappa shape index (κ3) is 4.89. The van der Waals surface area contributed by atoms with E-state index in [1.165, 1.54) is 0 Å². The molecule has 0 spiro atoms. The Morgan fingerprint density at radius 1 is 0.962 bits per heavy atom. The molecule has 0 aliphatic heterocycles. The van der Waals surface area contributed by atoms with E-state index in [9.17, 15) is 4.79 Å². The molecular formula is C21H21N3O2. The van der Waals surface area contributed by atoms with Gasteiger partial charge in [-0.2, -0.15) is 0 Å². The molecule has 1 aromatic carbocycles. The quantitative estimate of drug-likeness (QED) is 0.711. The van der Waals surface area contributed by atoms with Gasteiger partial charge >= 0.3 is 0 Å². The van der Waals surface area contributed by atoms with Crippen LogP contribution in [0.4, 0.5) is 0 Å². The van der Waals surface area contributed by atoms with E-state index in [1.807, 2.05) is 61.5 Å². The molecule has 0 fully saturated rings. The summed E-state index contributed by atoms with van der Waals surface area (Å²) in [6.45, 7) is 3.03. The van der Waals surface area contributed by atoms with E-state index in [4.69, 9.17) is 4.74 Å². The van der Waals surface area contributed by atoms with Gasteiger partial charge in [0.25, 0.3) is 0 Å². The van der Waals surface area contributed by atoms with Crippen LogP contribution in [0.5, 0.6) is 5.75 Å². The van der Waals surface area contributed by atoms with Crippen LogP contribution in [0.25, 0.3) is 11.4 Å². The SMILES string of the molecule is CCOc1ccc(CC(=O)NCc2ccc(-c3ccccn3)nc2)cc1. The third-order valence-electron chi connectivity index (χ3n) is 3.84. The van der Waals surface area contributed by atoms with Gasteiger partial charge in [0.2, 0.25) is 5.91 Å². The molecule has 5 nitrogen and oxygen atoms in total. The maximum atomic E-state index is 12.1. The monoisotopic (exact) mass is 347 g/mol. The van der Waals surface area contributed by atoms with Gasteiger partial charge in [-0.15, -0.1) is 0 Å². The molecule has 132 valence electrons. The summed E-state index contributed by atoms with van der Waals surface area (Å²) in [5, 5.41) is 2.92. The standard InChI is InChI=1S/C21H21N3O2/c1-2-26-18-9-6-16(7-10-18)13-21(25)24-15-17-8-11-20(23-14-17)19-5-3-4-12-22-19/h3-12,14H,2,13,15H2,1H3,(H,24,25). The maximum Gasteiger partial charge on any atom is 0.224 e. The number of carbonyl (C=O) groups excluding carboxylic acids is 1. The fourth-order valence-electron chi connectivity index (χ4n) is 2.51. The summed E-state index contributed by atoms with van der Waals surface area (Å²) in [7, 11) is 0. The molecule has 1 amide bonds. The fourth-order valence-corrected chi connectivity index (χ4v) is 2.51. The van der Waals surface area contributed by atoms with Gasteiger partial charge in [0, 0.05) is 18.9 Å². The highest BCUT2D eigenvalue weighted by Gasteiger charge is 2.05. The number of nitrogens with one attached hydrogen (secondary N) is 1. The maximum absolute atomic E-state index is 12.1. The summed E-state index contributed by atoms with van der Waals surface area (Å²) in [6, 6.07) is 17.2. The number of rotatable bonds is 7. The van der Waals surface area contributed by atoms with E-state index in [-0.39, 0.29) is 5.91 Å². The first kappa shape index (κ1) is 17.6. The van der Waals surface area contributed by atoms with Crippen LogP contribution in [0.3, 0.4) is 0 Å². The number of hydrogen-bond acceptors (Lipinski definition) is 4. The largest absolute Gasteiger partial charge is 0.494 e. The average Bonchev–Trinajstić information content (AvgIpc) is 2.69. The van der Waals surface area contributed by atoms with Gasteiger partial charge in [0.05, 0.1) is 24.4 Å². The van der Waals surface area contributed by atoms with Crippen LogP contribution in [0, 0.1) is 0 Å². The molecule has 3 rings (SSSR count). The summed E-state index contributed by atoms with van der Waals surface area (Å²) in [6.07, 6.45) is 3.85. The van der Waals surface area contributed by atoms with Crippen molar-refractivity contribution in [2.75, 3.05) is 6.61 Å². The molecular weight excluding hydrogens is 326 g/mol. The minimum atomic E-state index is -0.0250. The third-order valence-corrected chi connectivity index (χ3v) is 3.84. The van der Waals surface area contributed by atoms with Gasteiger partial charge in [-0.25, -0.2) is 0 Å². The van der Waals surface area contributed by atoms with Crippen molar-refractivity contribution in [2.24, 2.45) is 0 Å². The topological polar surface area (TPSA) is 64.1 Å². The van der Waals surface area contributed by atoms with E-state index >= 15 is 0 Å². The summed E-state index contributed by atoms with van der Waals surface area (Å²) in [5.74, 6) is 0.790. The van der Waals surface area contributed by atoms with Gasteiger partial charge < -0.3 is 10.1 Å². The molecule has 2 heterocycles. The second kappa shape index (κ2) is 8.76. The van der Waals surface area contributed by atoms with Crippen LogP contribution < -0.4 is 10.1 Å². The Hall–Kier alpha value is -3.21. The highest BCUT2D eigenvalue weighted by Crippen LogP contribution is 2.14. The molecule has 0 saturated carbocycles. The van der Waals surface area contributed by atoms with Gasteiger partial charge in [-0.05, 0) is 48.4 Å². The molecule has 0 bridgehead atoms. The van der Waals surface area contributed by atoms with E-state index < -0.39 is 0 Å². The number of carbonyl (C=O) groups is 1. The predicted molar refractivity (Wildman–Crippen MR) is 101 cm³/mol. The molecule has 1 N–H and O–H groups in total. The highest BCUT2D eigenvalue weighted by atomic mass is 16.5. The molecule has 26 heavy (non-hydrogen) atoms. The summed E-state index contributed by atoms with van der Waals surface area (Å²) >= 11 is 0. The lowest BCUT2D eigenvalue weighted by Crippen LogP contribution is -2.24. The smallest absolute Gasteiger partial charge is 0.224 e. The Kier molecular flexibility index (Phi) is 5.93. The summed E-state index contributed by atoms with van der Waals surface area (Å²) in [5.41, 5.74) is 3.55. The Morgan fingerprint density at radius 2 is 1.73 bits per heavy atom. The lowest BCUT2D eigenvalue weighted by molar-refractivity contribution is -0.120. The van der Waals surface area contributed by atoms with Crippen molar-refractivity contribution in [3.8, 4) is 17.1 Å². The number of hydrogen-bond donors (Lipinski definition) is 1. The van der Waals surface area contributed by atoms with Crippen LogP contribution in [0.2, 0.25) is 0 Å². The lowest BCUT2D eigenvalue weighted by Gasteiger charge is -2.07. The number of ether oxygens (including phenoxy) is 1. The van der Waals surface area contributed by atoms with Crippen LogP contribution in [-0.2, 0) is 17.8 Å². The molecule has 0 atom stereocenters. The van der Waals surface area contributed by atoms with Gasteiger partial charge in [0.15, 0.2) is 0 Å². The molecule has 0 radical (unpaired) electrons. The highest BCUT2D eigenvalue weighted by molar-refractivity contribution is 5.78. The van der Waals surface area contributed by atoms with Gasteiger partial charge in [0.1, 0.15) is 5.75 Å². The number of benzene rings is 1. The first-order valence-corrected chi connectivity index (χ1v) is 8.59. The molecule has 5 heteroatoms. The minimum Gasteiger partial charge on any atom is -0.494 e. The predicted octanol–water partition coefficient (Wildman–Crippen LogP) is 3.40. The van der Waals surface area contributed by atoms with Crippen LogP contribution in [0.1, 0.15) is 18.1 Å². The molecule has 0 saturated heterocycles. The van der Waals surface area contributed by atoms with Crippen LogP contribution in [-0.4, -0.2) is 22.5 Å². The van der Waals surface area contributed by atoms with Crippen molar-refractivity contribution in [2.45, 2.75) is 19.9 Å². The Balaban J connectivity index is 1.51. The molecule has 3 aromatic rings. The summed E-state index contributed by atoms with van der Waals surface area (Å²) in [4.78, 5) is 20.8. The Labute approximate surface area is 153 Å². The number of amides is 1. The zero-order valence-corrected chi connectivity index (χ0v) is 14.7. The fraction of sp³-hybridized carbons (Fsp3) is 0.190. The number of pyridine rings is 2. The van der Waals surface area contributed by atoms with E-state index in [1.54, 1.807) is 12.4 Å². The number of nitrogens with zero attached hydrogens (tertiary/aromatic N) is 2. The van der Waals surface area contributed by atoms with Crippen molar-refractivity contribution in [1.82, 2.24) is 15.3 Å². The van der Waals surface area contributed by atoms with Crippen molar-refractivity contribution >= 4 is 5.91 Å².